The zero-order valence-electron chi connectivity index (χ0n) is 19.7. The van der Waals surface area contributed by atoms with E-state index in [-0.39, 0.29) is 23.9 Å². The summed E-state index contributed by atoms with van der Waals surface area (Å²) < 4.78 is 0. The van der Waals surface area contributed by atoms with Gasteiger partial charge in [-0.1, -0.05) is 35.9 Å². The molecule has 0 aromatic heterocycles. The number of carbonyl (C=O) groups is 2. The molecule has 0 saturated heterocycles. The molecule has 0 aliphatic heterocycles. The second-order valence-electron chi connectivity index (χ2n) is 9.19. The van der Waals surface area contributed by atoms with Gasteiger partial charge in [0.2, 0.25) is 5.91 Å². The zero-order chi connectivity index (χ0) is 23.4. The van der Waals surface area contributed by atoms with E-state index in [1.165, 1.54) is 5.56 Å². The quantitative estimate of drug-likeness (QED) is 0.626. The number of rotatable bonds is 6. The highest BCUT2D eigenvalue weighted by molar-refractivity contribution is 6.30. The van der Waals surface area contributed by atoms with Crippen LogP contribution >= 0.6 is 11.6 Å². The molecule has 0 N–H and O–H groups in total. The van der Waals surface area contributed by atoms with Gasteiger partial charge < -0.3 is 9.80 Å². The summed E-state index contributed by atoms with van der Waals surface area (Å²) in [5.74, 6) is 0.619. The van der Waals surface area contributed by atoms with Crippen LogP contribution in [0.5, 0.6) is 0 Å². The summed E-state index contributed by atoms with van der Waals surface area (Å²) in [6.07, 6.45) is 4.08. The van der Waals surface area contributed by atoms with E-state index in [1.807, 2.05) is 30.9 Å². The van der Waals surface area contributed by atoms with E-state index in [2.05, 4.69) is 24.3 Å². The minimum absolute atomic E-state index is 0.0507. The second kappa shape index (κ2) is 10.5. The Balaban J connectivity index is 1.61. The van der Waals surface area contributed by atoms with Gasteiger partial charge in [-0.25, -0.2) is 0 Å². The Hall–Kier alpha value is -2.37. The van der Waals surface area contributed by atoms with Gasteiger partial charge in [-0.2, -0.15) is 0 Å². The van der Waals surface area contributed by atoms with Crippen molar-refractivity contribution in [2.24, 2.45) is 0 Å². The van der Waals surface area contributed by atoms with Crippen molar-refractivity contribution in [3.63, 3.8) is 0 Å². The monoisotopic (exact) mass is 455 g/mol. The van der Waals surface area contributed by atoms with Crippen LogP contribution in [-0.4, -0.2) is 67.8 Å². The number of hydrogen-bond acceptors (Lipinski definition) is 3. The van der Waals surface area contributed by atoms with Gasteiger partial charge in [-0.05, 0) is 81.1 Å². The van der Waals surface area contributed by atoms with Crippen molar-refractivity contribution >= 4 is 23.4 Å². The third-order valence-corrected chi connectivity index (χ3v) is 6.82. The van der Waals surface area contributed by atoms with Crippen LogP contribution in [-0.2, 0) is 4.79 Å². The molecule has 3 rings (SSSR count). The number of halogens is 1. The van der Waals surface area contributed by atoms with Gasteiger partial charge in [0.05, 0.1) is 0 Å². The lowest BCUT2D eigenvalue weighted by Gasteiger charge is -2.35. The van der Waals surface area contributed by atoms with Crippen LogP contribution in [0.4, 0.5) is 0 Å². The summed E-state index contributed by atoms with van der Waals surface area (Å²) in [4.78, 5) is 30.9. The van der Waals surface area contributed by atoms with E-state index in [0.717, 1.165) is 31.2 Å². The highest BCUT2D eigenvalue weighted by Gasteiger charge is 2.29. The molecule has 0 spiro atoms. The highest BCUT2D eigenvalue weighted by Crippen LogP contribution is 2.35. The van der Waals surface area contributed by atoms with Crippen molar-refractivity contribution in [2.75, 3.05) is 35.2 Å². The minimum Gasteiger partial charge on any atom is -0.347 e. The van der Waals surface area contributed by atoms with Gasteiger partial charge >= 0.3 is 0 Å². The Morgan fingerprint density at radius 2 is 1.41 bits per heavy atom. The molecule has 1 atom stereocenters. The van der Waals surface area contributed by atoms with Gasteiger partial charge in [0.1, 0.15) is 6.04 Å². The SMILES string of the molecule is CN(C)C(=O)C(c1ccc([C@H]2CC[C@H](N(C)C(=O)c3ccc(Cl)cc3)CC2)cc1)N(C)C. The Kier molecular flexibility index (Phi) is 7.96. The normalized spacial score (nSPS) is 19.5. The van der Waals surface area contributed by atoms with Gasteiger partial charge in [-0.15, -0.1) is 0 Å². The molecule has 1 aliphatic rings. The largest absolute Gasteiger partial charge is 0.347 e. The molecule has 0 heterocycles. The van der Waals surface area contributed by atoms with Crippen molar-refractivity contribution in [2.45, 2.75) is 43.7 Å². The number of likely N-dealkylation sites (N-methyl/N-ethyl adjacent to an activating group) is 2. The molecule has 0 bridgehead atoms. The number of benzene rings is 2. The van der Waals surface area contributed by atoms with Crippen molar-refractivity contribution in [1.82, 2.24) is 14.7 Å². The molecule has 172 valence electrons. The van der Waals surface area contributed by atoms with Crippen molar-refractivity contribution in [3.8, 4) is 0 Å². The molecule has 1 aliphatic carbocycles. The summed E-state index contributed by atoms with van der Waals surface area (Å²) in [5.41, 5.74) is 3.01. The summed E-state index contributed by atoms with van der Waals surface area (Å²) in [6.45, 7) is 0. The molecule has 1 fully saturated rings. The van der Waals surface area contributed by atoms with Crippen LogP contribution in [0.3, 0.4) is 0 Å². The van der Waals surface area contributed by atoms with Crippen LogP contribution in [0.1, 0.15) is 59.1 Å². The van der Waals surface area contributed by atoms with Crippen LogP contribution < -0.4 is 0 Å². The molecule has 5 nitrogen and oxygen atoms in total. The third-order valence-electron chi connectivity index (χ3n) is 6.57. The predicted molar refractivity (Wildman–Crippen MR) is 130 cm³/mol. The van der Waals surface area contributed by atoms with Crippen LogP contribution in [0, 0.1) is 0 Å². The molecule has 2 aromatic rings. The van der Waals surface area contributed by atoms with Gasteiger partial charge in [0.25, 0.3) is 5.91 Å². The van der Waals surface area contributed by atoms with Gasteiger partial charge in [0.15, 0.2) is 0 Å². The van der Waals surface area contributed by atoms with Crippen molar-refractivity contribution in [3.05, 3.63) is 70.2 Å². The lowest BCUT2D eigenvalue weighted by molar-refractivity contribution is -0.133. The number of carbonyl (C=O) groups excluding carboxylic acids is 2. The molecule has 2 aromatic carbocycles. The average Bonchev–Trinajstić information content (AvgIpc) is 2.79. The molecule has 6 heteroatoms. The van der Waals surface area contributed by atoms with E-state index in [1.54, 1.807) is 43.3 Å². The Morgan fingerprint density at radius 3 is 1.91 bits per heavy atom. The fourth-order valence-electron chi connectivity index (χ4n) is 4.62. The highest BCUT2D eigenvalue weighted by atomic mass is 35.5. The predicted octanol–water partition coefficient (Wildman–Crippen LogP) is 4.83. The molecular weight excluding hydrogens is 422 g/mol. The Labute approximate surface area is 196 Å². The van der Waals surface area contributed by atoms with E-state index >= 15 is 0 Å². The molecular formula is C26H34ClN3O2. The van der Waals surface area contributed by atoms with Gasteiger partial charge in [-0.3, -0.25) is 14.5 Å². The molecule has 2 amide bonds. The second-order valence-corrected chi connectivity index (χ2v) is 9.63. The standard InChI is InChI=1S/C26H34ClN3O2/c1-28(2)24(26(32)29(3)4)20-8-6-18(7-9-20)19-12-16-23(17-13-19)30(5)25(31)21-10-14-22(27)15-11-21/h6-11,14-15,19,23-24H,12-13,16-17H2,1-5H3/t19-,23-,24?. The summed E-state index contributed by atoms with van der Waals surface area (Å²) in [5, 5.41) is 0.638. The lowest BCUT2D eigenvalue weighted by atomic mass is 9.81. The maximum Gasteiger partial charge on any atom is 0.253 e. The van der Waals surface area contributed by atoms with E-state index < -0.39 is 0 Å². The number of hydrogen-bond donors (Lipinski definition) is 0. The molecule has 32 heavy (non-hydrogen) atoms. The fraction of sp³-hybridized carbons (Fsp3) is 0.462. The van der Waals surface area contributed by atoms with Crippen LogP contribution in [0.2, 0.25) is 5.02 Å². The van der Waals surface area contributed by atoms with Gasteiger partial charge in [0, 0.05) is 37.8 Å². The van der Waals surface area contributed by atoms with E-state index in [9.17, 15) is 9.59 Å². The molecule has 1 unspecified atom stereocenters. The maximum absolute atomic E-state index is 12.8. The van der Waals surface area contributed by atoms with Crippen LogP contribution in [0.25, 0.3) is 0 Å². The summed E-state index contributed by atoms with van der Waals surface area (Å²) >= 11 is 5.94. The first-order chi connectivity index (χ1) is 15.2. The summed E-state index contributed by atoms with van der Waals surface area (Å²) in [6, 6.07) is 15.6. The van der Waals surface area contributed by atoms with Crippen LogP contribution in [0.15, 0.2) is 48.5 Å². The maximum atomic E-state index is 12.8. The summed E-state index contributed by atoms with van der Waals surface area (Å²) in [7, 11) is 9.35. The Bertz CT molecular complexity index is 917. The topological polar surface area (TPSA) is 43.9 Å². The fourth-order valence-corrected chi connectivity index (χ4v) is 4.74. The first-order valence-corrected chi connectivity index (χ1v) is 11.6. The molecule has 1 saturated carbocycles. The third kappa shape index (κ3) is 5.51. The number of nitrogens with zero attached hydrogens (tertiary/aromatic N) is 3. The van der Waals surface area contributed by atoms with E-state index in [4.69, 9.17) is 11.6 Å². The smallest absolute Gasteiger partial charge is 0.253 e. The first kappa shape index (κ1) is 24.3. The first-order valence-electron chi connectivity index (χ1n) is 11.2. The minimum atomic E-state index is -0.276. The average molecular weight is 456 g/mol. The zero-order valence-corrected chi connectivity index (χ0v) is 20.5. The lowest BCUT2D eigenvalue weighted by Crippen LogP contribution is -2.39. The number of amides is 2. The van der Waals surface area contributed by atoms with Crippen molar-refractivity contribution < 1.29 is 9.59 Å². The molecule has 0 radical (unpaired) electrons. The van der Waals surface area contributed by atoms with E-state index in [0.29, 0.717) is 16.5 Å². The van der Waals surface area contributed by atoms with Crippen molar-refractivity contribution in [1.29, 1.82) is 0 Å². The Morgan fingerprint density at radius 1 is 0.844 bits per heavy atom.